The summed E-state index contributed by atoms with van der Waals surface area (Å²) in [4.78, 5) is 11.1. The molecule has 0 atom stereocenters. The fraction of sp³-hybridized carbons (Fsp3) is 0.417. The molecule has 0 amide bonds. The topological polar surface area (TPSA) is 67.8 Å². The molecule has 1 aromatic carbocycles. The Hall–Kier alpha value is -1.46. The minimum Gasteiger partial charge on any atom is -0.493 e. The van der Waals surface area contributed by atoms with Crippen molar-refractivity contribution in [3.05, 3.63) is 23.3 Å². The maximum Gasteiger partial charge on any atom is 0.336 e. The quantitative estimate of drug-likeness (QED) is 0.825. The van der Waals surface area contributed by atoms with Crippen molar-refractivity contribution in [1.29, 1.82) is 0 Å². The smallest absolute Gasteiger partial charge is 0.336 e. The molecule has 0 aliphatic carbocycles. The van der Waals surface area contributed by atoms with E-state index >= 15 is 0 Å². The van der Waals surface area contributed by atoms with Gasteiger partial charge in [0.05, 0.1) is 19.8 Å². The predicted molar refractivity (Wildman–Crippen MR) is 71.4 cm³/mol. The highest BCUT2D eigenvalue weighted by molar-refractivity contribution is 5.90. The molecule has 5 nitrogen and oxygen atoms in total. The molecule has 0 aliphatic rings. The van der Waals surface area contributed by atoms with Gasteiger partial charge in [0, 0.05) is 0 Å². The lowest BCUT2D eigenvalue weighted by atomic mass is 10.0. The van der Waals surface area contributed by atoms with E-state index in [1.165, 1.54) is 20.3 Å². The van der Waals surface area contributed by atoms with E-state index < -0.39 is 5.97 Å². The number of carbonyl (C=O) groups is 1. The zero-order chi connectivity index (χ0) is 12.8. The molecule has 0 saturated carbocycles. The van der Waals surface area contributed by atoms with Crippen LogP contribution in [-0.2, 0) is 6.42 Å². The number of hydrogen-bond acceptors (Lipinski definition) is 4. The molecule has 0 spiro atoms. The third-order valence-electron chi connectivity index (χ3n) is 2.48. The lowest BCUT2D eigenvalue weighted by Crippen LogP contribution is -2.13. The van der Waals surface area contributed by atoms with E-state index in [0.29, 0.717) is 24.5 Å². The Morgan fingerprint density at radius 1 is 1.28 bits per heavy atom. The van der Waals surface area contributed by atoms with E-state index in [1.807, 2.05) is 7.05 Å². The van der Waals surface area contributed by atoms with Crippen LogP contribution < -0.4 is 14.8 Å². The lowest BCUT2D eigenvalue weighted by Gasteiger charge is -2.12. The van der Waals surface area contributed by atoms with E-state index in [-0.39, 0.29) is 18.0 Å². The summed E-state index contributed by atoms with van der Waals surface area (Å²) in [6.45, 7) is 0.704. The van der Waals surface area contributed by atoms with Crippen molar-refractivity contribution in [2.75, 3.05) is 27.8 Å². The van der Waals surface area contributed by atoms with Gasteiger partial charge in [-0.1, -0.05) is 0 Å². The van der Waals surface area contributed by atoms with Gasteiger partial charge in [0.25, 0.3) is 0 Å². The monoisotopic (exact) mass is 275 g/mol. The number of rotatable bonds is 6. The number of hydrogen-bond donors (Lipinski definition) is 2. The Labute approximate surface area is 113 Å². The molecule has 18 heavy (non-hydrogen) atoms. The van der Waals surface area contributed by atoms with E-state index in [0.717, 1.165) is 5.56 Å². The zero-order valence-corrected chi connectivity index (χ0v) is 11.5. The molecule has 0 fully saturated rings. The lowest BCUT2D eigenvalue weighted by molar-refractivity contribution is 0.0695. The number of halogens is 1. The summed E-state index contributed by atoms with van der Waals surface area (Å²) in [6, 6.07) is 3.20. The molecular weight excluding hydrogens is 258 g/mol. The number of methoxy groups -OCH3 is 2. The molecule has 0 unspecified atom stereocenters. The van der Waals surface area contributed by atoms with Crippen LogP contribution in [0.15, 0.2) is 12.1 Å². The average Bonchev–Trinajstić information content (AvgIpc) is 2.34. The largest absolute Gasteiger partial charge is 0.493 e. The highest BCUT2D eigenvalue weighted by atomic mass is 35.5. The van der Waals surface area contributed by atoms with Gasteiger partial charge in [0.1, 0.15) is 0 Å². The summed E-state index contributed by atoms with van der Waals surface area (Å²) >= 11 is 0. The third kappa shape index (κ3) is 3.78. The maximum atomic E-state index is 11.1. The first kappa shape index (κ1) is 16.5. The number of carboxylic acid groups (broad SMARTS) is 1. The van der Waals surface area contributed by atoms with Crippen molar-refractivity contribution in [2.45, 2.75) is 6.42 Å². The van der Waals surface area contributed by atoms with E-state index in [2.05, 4.69) is 5.32 Å². The molecule has 6 heteroatoms. The van der Waals surface area contributed by atoms with Gasteiger partial charge in [0.15, 0.2) is 11.5 Å². The molecule has 0 saturated heterocycles. The van der Waals surface area contributed by atoms with Gasteiger partial charge in [-0.05, 0) is 37.7 Å². The Morgan fingerprint density at radius 3 is 2.28 bits per heavy atom. The molecule has 102 valence electrons. The Bertz CT molecular complexity index is 409. The molecule has 1 rings (SSSR count). The number of carboxylic acids is 1. The minimum atomic E-state index is -0.961. The van der Waals surface area contributed by atoms with Crippen LogP contribution in [-0.4, -0.2) is 38.9 Å². The van der Waals surface area contributed by atoms with Crippen molar-refractivity contribution < 1.29 is 19.4 Å². The molecule has 0 aliphatic heterocycles. The van der Waals surface area contributed by atoms with Crippen LogP contribution in [0.25, 0.3) is 0 Å². The fourth-order valence-corrected chi connectivity index (χ4v) is 1.59. The predicted octanol–water partition coefficient (Wildman–Crippen LogP) is 1.59. The third-order valence-corrected chi connectivity index (χ3v) is 2.48. The number of benzene rings is 1. The first-order chi connectivity index (χ1) is 8.13. The van der Waals surface area contributed by atoms with Crippen molar-refractivity contribution in [3.63, 3.8) is 0 Å². The van der Waals surface area contributed by atoms with Gasteiger partial charge in [0.2, 0.25) is 0 Å². The van der Waals surface area contributed by atoms with Crippen LogP contribution in [0.3, 0.4) is 0 Å². The van der Waals surface area contributed by atoms with Crippen molar-refractivity contribution in [2.24, 2.45) is 0 Å². The van der Waals surface area contributed by atoms with Crippen LogP contribution in [0.2, 0.25) is 0 Å². The number of ether oxygens (including phenoxy) is 2. The van der Waals surface area contributed by atoms with E-state index in [9.17, 15) is 4.79 Å². The van der Waals surface area contributed by atoms with Gasteiger partial charge < -0.3 is 19.9 Å². The number of nitrogens with one attached hydrogen (secondary N) is 1. The summed E-state index contributed by atoms with van der Waals surface area (Å²) in [6.07, 6.45) is 0.623. The van der Waals surface area contributed by atoms with Gasteiger partial charge in [-0.3, -0.25) is 0 Å². The van der Waals surface area contributed by atoms with Gasteiger partial charge in [-0.25, -0.2) is 4.79 Å². The maximum absolute atomic E-state index is 11.1. The van der Waals surface area contributed by atoms with Crippen LogP contribution >= 0.6 is 12.4 Å². The summed E-state index contributed by atoms with van der Waals surface area (Å²) in [7, 11) is 4.83. The molecule has 2 N–H and O–H groups in total. The summed E-state index contributed by atoms with van der Waals surface area (Å²) in [5.74, 6) is 0.0127. The van der Waals surface area contributed by atoms with Crippen LogP contribution in [0.5, 0.6) is 11.5 Å². The zero-order valence-electron chi connectivity index (χ0n) is 10.6. The second-order valence-corrected chi connectivity index (χ2v) is 3.52. The molecular formula is C12H18ClNO4. The SMILES string of the molecule is CNCCc1cc(OC)c(OC)cc1C(=O)O.Cl. The normalized spacial score (nSPS) is 9.50. The van der Waals surface area contributed by atoms with E-state index in [4.69, 9.17) is 14.6 Å². The van der Waals surface area contributed by atoms with Crippen LogP contribution in [0.1, 0.15) is 15.9 Å². The standard InChI is InChI=1S/C12H17NO4.ClH/c1-13-5-4-8-6-10(16-2)11(17-3)7-9(8)12(14)15;/h6-7,13H,4-5H2,1-3H3,(H,14,15);1H. The molecule has 0 aromatic heterocycles. The second kappa shape index (κ2) is 7.79. The second-order valence-electron chi connectivity index (χ2n) is 3.52. The summed E-state index contributed by atoms with van der Waals surface area (Å²) in [5, 5.41) is 12.1. The van der Waals surface area contributed by atoms with Gasteiger partial charge in [-0.2, -0.15) is 0 Å². The van der Waals surface area contributed by atoms with Crippen molar-refractivity contribution in [3.8, 4) is 11.5 Å². The molecule has 0 bridgehead atoms. The van der Waals surface area contributed by atoms with Crippen molar-refractivity contribution >= 4 is 18.4 Å². The first-order valence-electron chi connectivity index (χ1n) is 5.26. The summed E-state index contributed by atoms with van der Waals surface area (Å²) < 4.78 is 10.2. The number of aromatic carboxylic acids is 1. The minimum absolute atomic E-state index is 0. The van der Waals surface area contributed by atoms with Crippen LogP contribution in [0, 0.1) is 0 Å². The van der Waals surface area contributed by atoms with E-state index in [1.54, 1.807) is 6.07 Å². The molecule has 0 heterocycles. The van der Waals surface area contributed by atoms with Gasteiger partial charge >= 0.3 is 5.97 Å². The number of likely N-dealkylation sites (N-methyl/N-ethyl adjacent to an activating group) is 1. The van der Waals surface area contributed by atoms with Crippen LogP contribution in [0.4, 0.5) is 0 Å². The average molecular weight is 276 g/mol. The molecule has 1 aromatic rings. The Balaban J connectivity index is 0.00000289. The molecule has 0 radical (unpaired) electrons. The van der Waals surface area contributed by atoms with Gasteiger partial charge in [-0.15, -0.1) is 12.4 Å². The van der Waals surface area contributed by atoms with Crippen molar-refractivity contribution in [1.82, 2.24) is 5.32 Å². The Kier molecular flexibility index (Phi) is 7.16. The fourth-order valence-electron chi connectivity index (χ4n) is 1.59. The highest BCUT2D eigenvalue weighted by Crippen LogP contribution is 2.30. The summed E-state index contributed by atoms with van der Waals surface area (Å²) in [5.41, 5.74) is 0.974. The Morgan fingerprint density at radius 2 is 1.83 bits per heavy atom. The highest BCUT2D eigenvalue weighted by Gasteiger charge is 2.15. The first-order valence-corrected chi connectivity index (χ1v) is 5.26.